The fourth-order valence-corrected chi connectivity index (χ4v) is 8.58. The number of piperazine rings is 1. The Labute approximate surface area is 229 Å². The van der Waals surface area contributed by atoms with E-state index in [1.807, 2.05) is 31.2 Å². The Balaban J connectivity index is 1.10. The summed E-state index contributed by atoms with van der Waals surface area (Å²) in [4.78, 5) is 17.1. The molecule has 200 valence electrons. The number of ether oxygens (including phenoxy) is 2. The maximum atomic E-state index is 9.00. The highest BCUT2D eigenvalue weighted by Gasteiger charge is 2.69. The molecule has 1 aromatic carbocycles. The topological polar surface area (TPSA) is 67.2 Å². The van der Waals surface area contributed by atoms with Crippen LogP contribution in [0.4, 0.5) is 0 Å². The number of nitrogens with zero attached hydrogens (tertiary/aromatic N) is 3. The van der Waals surface area contributed by atoms with E-state index in [9.17, 15) is 0 Å². The van der Waals surface area contributed by atoms with Crippen LogP contribution >= 0.6 is 24.0 Å². The SMILES string of the molecule is C[C@H]1[C@H](N2CCN(C(=S)SCc3ccc(C#N)cc3)CC2)O[C@@H]2O[C@@]3(C)CC[C@H]4[C@H](C)CC[C@@H]1[C@@]24OO3. The lowest BCUT2D eigenvalue weighted by atomic mass is 9.58. The molecular weight excluding hydrogens is 506 g/mol. The zero-order valence-electron chi connectivity index (χ0n) is 21.9. The standard InChI is InChI=1S/C28H37N3O4S2/c1-18-4-9-23-19(2)24(32-25-28(23)22(18)10-11-27(3,33-25)34-35-28)30-12-14-31(15-13-30)26(36)37-17-21-7-5-20(16-29)6-8-21/h5-8,18-19,22-25H,4,9-15,17H2,1-3H3/t18-,19-,22+,23+,24-,25-,27-,28-/m1/s1. The molecule has 7 rings (SSSR count). The molecule has 0 aromatic heterocycles. The molecule has 2 bridgehead atoms. The average Bonchev–Trinajstić information content (AvgIpc) is 3.15. The van der Waals surface area contributed by atoms with Gasteiger partial charge in [0.15, 0.2) is 11.9 Å². The first kappa shape index (κ1) is 26.0. The van der Waals surface area contributed by atoms with Gasteiger partial charge in [0, 0.05) is 50.2 Å². The van der Waals surface area contributed by atoms with Gasteiger partial charge in [-0.05, 0) is 55.7 Å². The first-order valence-electron chi connectivity index (χ1n) is 13.7. The lowest BCUT2D eigenvalue weighted by Gasteiger charge is -2.61. The highest BCUT2D eigenvalue weighted by atomic mass is 32.2. The molecule has 5 saturated heterocycles. The van der Waals surface area contributed by atoms with Crippen molar-refractivity contribution in [2.45, 2.75) is 76.1 Å². The number of fused-ring (bicyclic) bond motifs is 2. The molecule has 5 aliphatic heterocycles. The molecule has 0 N–H and O–H groups in total. The van der Waals surface area contributed by atoms with Gasteiger partial charge in [-0.15, -0.1) is 0 Å². The van der Waals surface area contributed by atoms with E-state index in [0.29, 0.717) is 29.2 Å². The summed E-state index contributed by atoms with van der Waals surface area (Å²) < 4.78 is 14.3. The summed E-state index contributed by atoms with van der Waals surface area (Å²) in [7, 11) is 0. The van der Waals surface area contributed by atoms with Crippen LogP contribution in [0.15, 0.2) is 24.3 Å². The maximum absolute atomic E-state index is 9.00. The third kappa shape index (κ3) is 4.53. The summed E-state index contributed by atoms with van der Waals surface area (Å²) in [5.74, 6) is 1.72. The molecule has 6 aliphatic rings. The third-order valence-corrected chi connectivity index (χ3v) is 11.1. The van der Waals surface area contributed by atoms with Gasteiger partial charge in [0.25, 0.3) is 0 Å². The van der Waals surface area contributed by atoms with E-state index < -0.39 is 17.7 Å². The average molecular weight is 544 g/mol. The normalized spacial score (nSPS) is 41.5. The Kier molecular flexibility index (Phi) is 7.06. The molecule has 1 aliphatic carbocycles. The van der Waals surface area contributed by atoms with Crippen molar-refractivity contribution in [3.63, 3.8) is 0 Å². The molecule has 0 amide bonds. The largest absolute Gasteiger partial charge is 0.355 e. The van der Waals surface area contributed by atoms with Gasteiger partial charge in [-0.2, -0.15) is 5.26 Å². The monoisotopic (exact) mass is 543 g/mol. The number of nitriles is 1. The second-order valence-corrected chi connectivity index (χ2v) is 13.3. The van der Waals surface area contributed by atoms with E-state index in [1.54, 1.807) is 11.8 Å². The quantitative estimate of drug-likeness (QED) is 0.391. The van der Waals surface area contributed by atoms with Crippen LogP contribution in [-0.2, 0) is 25.0 Å². The molecule has 7 nitrogen and oxygen atoms in total. The Morgan fingerprint density at radius 1 is 1.08 bits per heavy atom. The van der Waals surface area contributed by atoms with E-state index in [0.717, 1.165) is 55.5 Å². The zero-order chi connectivity index (χ0) is 25.8. The Morgan fingerprint density at radius 3 is 2.57 bits per heavy atom. The summed E-state index contributed by atoms with van der Waals surface area (Å²) in [5, 5.41) is 9.00. The number of thiocarbonyl (C=S) groups is 1. The molecule has 5 heterocycles. The van der Waals surface area contributed by atoms with E-state index in [1.165, 1.54) is 12.0 Å². The Bertz CT molecular complexity index is 1060. The van der Waals surface area contributed by atoms with E-state index in [-0.39, 0.29) is 6.23 Å². The van der Waals surface area contributed by atoms with Crippen molar-refractivity contribution in [2.75, 3.05) is 26.2 Å². The van der Waals surface area contributed by atoms with Crippen LogP contribution in [-0.4, -0.2) is 64.2 Å². The highest BCUT2D eigenvalue weighted by molar-refractivity contribution is 8.22. The molecule has 1 spiro atoms. The second-order valence-electron chi connectivity index (χ2n) is 11.7. The summed E-state index contributed by atoms with van der Waals surface area (Å²) in [6, 6.07) is 9.92. The fourth-order valence-electron chi connectivity index (χ4n) is 7.37. The smallest absolute Gasteiger partial charge is 0.201 e. The van der Waals surface area contributed by atoms with Gasteiger partial charge < -0.3 is 14.4 Å². The summed E-state index contributed by atoms with van der Waals surface area (Å²) >= 11 is 7.48. The van der Waals surface area contributed by atoms with Crippen LogP contribution in [0, 0.1) is 35.0 Å². The molecule has 9 heteroatoms. The van der Waals surface area contributed by atoms with E-state index in [2.05, 4.69) is 29.7 Å². The van der Waals surface area contributed by atoms with Gasteiger partial charge in [0.05, 0.1) is 11.6 Å². The Hall–Kier alpha value is -1.25. The highest BCUT2D eigenvalue weighted by Crippen LogP contribution is 2.60. The zero-order valence-corrected chi connectivity index (χ0v) is 23.6. The minimum absolute atomic E-state index is 0.00301. The maximum Gasteiger partial charge on any atom is 0.201 e. The van der Waals surface area contributed by atoms with Crippen molar-refractivity contribution in [1.29, 1.82) is 5.26 Å². The number of benzene rings is 1. The van der Waals surface area contributed by atoms with E-state index >= 15 is 0 Å². The van der Waals surface area contributed by atoms with Crippen LogP contribution in [0.1, 0.15) is 57.6 Å². The molecule has 0 unspecified atom stereocenters. The number of thioether (sulfide) groups is 1. The summed E-state index contributed by atoms with van der Waals surface area (Å²) in [6.45, 7) is 10.3. The van der Waals surface area contributed by atoms with Gasteiger partial charge in [0.1, 0.15) is 10.5 Å². The van der Waals surface area contributed by atoms with Crippen molar-refractivity contribution in [3.05, 3.63) is 35.4 Å². The Morgan fingerprint density at radius 2 is 1.84 bits per heavy atom. The predicted molar refractivity (Wildman–Crippen MR) is 145 cm³/mol. The molecule has 37 heavy (non-hydrogen) atoms. The molecule has 1 saturated carbocycles. The lowest BCUT2D eigenvalue weighted by Crippen LogP contribution is -2.72. The van der Waals surface area contributed by atoms with Gasteiger partial charge in [-0.25, -0.2) is 9.78 Å². The first-order chi connectivity index (χ1) is 17.8. The molecule has 0 radical (unpaired) electrons. The van der Waals surface area contributed by atoms with Crippen molar-refractivity contribution >= 4 is 28.3 Å². The number of hydrogen-bond donors (Lipinski definition) is 0. The van der Waals surface area contributed by atoms with Crippen LogP contribution in [0.5, 0.6) is 0 Å². The van der Waals surface area contributed by atoms with Crippen LogP contribution in [0.3, 0.4) is 0 Å². The molecule has 8 atom stereocenters. The van der Waals surface area contributed by atoms with Gasteiger partial charge in [0.2, 0.25) is 5.79 Å². The van der Waals surface area contributed by atoms with E-state index in [4.69, 9.17) is 36.7 Å². The van der Waals surface area contributed by atoms with Crippen molar-refractivity contribution in [2.24, 2.45) is 23.7 Å². The van der Waals surface area contributed by atoms with Crippen molar-refractivity contribution in [1.82, 2.24) is 9.80 Å². The minimum atomic E-state index is -0.736. The third-order valence-electron chi connectivity index (χ3n) is 9.50. The molecule has 6 fully saturated rings. The van der Waals surface area contributed by atoms with Crippen LogP contribution < -0.4 is 0 Å². The van der Waals surface area contributed by atoms with Crippen molar-refractivity contribution in [3.8, 4) is 6.07 Å². The number of rotatable bonds is 3. The van der Waals surface area contributed by atoms with Crippen LogP contribution in [0.25, 0.3) is 0 Å². The van der Waals surface area contributed by atoms with Gasteiger partial charge in [-0.3, -0.25) is 4.90 Å². The second kappa shape index (κ2) is 10.1. The molecule has 1 aromatic rings. The van der Waals surface area contributed by atoms with Crippen molar-refractivity contribution < 1.29 is 19.2 Å². The van der Waals surface area contributed by atoms with Crippen LogP contribution in [0.2, 0.25) is 0 Å². The van der Waals surface area contributed by atoms with Gasteiger partial charge >= 0.3 is 0 Å². The summed E-state index contributed by atoms with van der Waals surface area (Å²) in [5.41, 5.74) is 1.36. The summed E-state index contributed by atoms with van der Waals surface area (Å²) in [6.07, 6.45) is 3.85. The molecular formula is C28H37N3O4S2. The van der Waals surface area contributed by atoms with Gasteiger partial charge in [-0.1, -0.05) is 50.0 Å². The first-order valence-corrected chi connectivity index (χ1v) is 15.1. The number of hydrogen-bond acceptors (Lipinski definition) is 8. The lowest BCUT2D eigenvalue weighted by molar-refractivity contribution is -0.574. The predicted octanol–water partition coefficient (Wildman–Crippen LogP) is 4.90. The minimum Gasteiger partial charge on any atom is -0.355 e. The fraction of sp³-hybridized carbons (Fsp3) is 0.714.